The Balaban J connectivity index is 1.78. The normalized spacial score (nSPS) is 24.1. The molecular weight excluding hydrogens is 380 g/mol. The Kier molecular flexibility index (Phi) is 8.67. The Hall–Kier alpha value is -0.136. The number of rotatable bonds is 9. The maximum Gasteiger partial charge on any atom is 0.295 e. The molecule has 0 aliphatic heterocycles. The van der Waals surface area contributed by atoms with Gasteiger partial charge in [-0.3, -0.25) is 4.79 Å². The van der Waals surface area contributed by atoms with Crippen LogP contribution in [0.4, 0.5) is 0 Å². The van der Waals surface area contributed by atoms with Gasteiger partial charge in [0.05, 0.1) is 5.92 Å². The Morgan fingerprint density at radius 3 is 1.68 bits per heavy atom. The van der Waals surface area contributed by atoms with Crippen molar-refractivity contribution in [3.8, 4) is 0 Å². The molecule has 0 spiro atoms. The Morgan fingerprint density at radius 1 is 0.821 bits per heavy atom. The number of hydrogen-bond acceptors (Lipinski definition) is 3. The second-order valence-electron chi connectivity index (χ2n) is 9.99. The van der Waals surface area contributed by atoms with Crippen molar-refractivity contribution in [2.45, 2.75) is 133 Å². The molecule has 0 bridgehead atoms. The van der Waals surface area contributed by atoms with E-state index in [0.29, 0.717) is 9.76 Å². The first-order valence-electron chi connectivity index (χ1n) is 12.2. The topological polar surface area (TPSA) is 35.5 Å². The van der Waals surface area contributed by atoms with Crippen molar-refractivity contribution < 1.29 is 13.6 Å². The van der Waals surface area contributed by atoms with Crippen LogP contribution in [0.5, 0.6) is 0 Å². The summed E-state index contributed by atoms with van der Waals surface area (Å²) in [6.45, 7) is 6.21. The van der Waals surface area contributed by atoms with Gasteiger partial charge in [0.15, 0.2) is 0 Å². The molecule has 3 saturated carbocycles. The van der Waals surface area contributed by atoms with Crippen LogP contribution in [0.25, 0.3) is 0 Å². The summed E-state index contributed by atoms with van der Waals surface area (Å²) in [4.78, 5) is 13.4. The molecule has 0 N–H and O–H groups in total. The monoisotopic (exact) mass is 422 g/mol. The van der Waals surface area contributed by atoms with Crippen molar-refractivity contribution in [1.29, 1.82) is 0 Å². The average molecular weight is 423 g/mol. The van der Waals surface area contributed by atoms with Crippen molar-refractivity contribution in [2.75, 3.05) is 0 Å². The zero-order valence-corrected chi connectivity index (χ0v) is 20.5. The molecule has 3 nitrogen and oxygen atoms in total. The van der Waals surface area contributed by atoms with Crippen molar-refractivity contribution in [2.24, 2.45) is 5.92 Å². The van der Waals surface area contributed by atoms with E-state index in [-0.39, 0.29) is 18.0 Å². The lowest BCUT2D eigenvalue weighted by atomic mass is 10.0. The quantitative estimate of drug-likeness (QED) is 0.383. The van der Waals surface area contributed by atoms with Gasteiger partial charge in [-0.25, -0.2) is 0 Å². The summed E-state index contributed by atoms with van der Waals surface area (Å²) in [5.74, 6) is 0.103. The Morgan fingerprint density at radius 2 is 1.25 bits per heavy atom. The molecule has 3 aliphatic rings. The van der Waals surface area contributed by atoms with Crippen LogP contribution in [0.2, 0.25) is 22.7 Å². The van der Waals surface area contributed by atoms with E-state index in [9.17, 15) is 4.79 Å². The first-order valence-corrected chi connectivity index (χ1v) is 15.4. The fourth-order valence-electron chi connectivity index (χ4n) is 6.26. The van der Waals surface area contributed by atoms with E-state index < -0.39 is 8.32 Å². The van der Waals surface area contributed by atoms with Gasteiger partial charge in [-0.1, -0.05) is 51.9 Å². The zero-order chi connectivity index (χ0) is 20.0. The van der Waals surface area contributed by atoms with Crippen molar-refractivity contribution >= 4 is 24.0 Å². The highest BCUT2D eigenvalue weighted by Gasteiger charge is 2.58. The largest absolute Gasteiger partial charge is 0.518 e. The molecule has 1 atom stereocenters. The summed E-state index contributed by atoms with van der Waals surface area (Å²) in [6, 6.07) is 0.821. The van der Waals surface area contributed by atoms with Gasteiger partial charge >= 0.3 is 0 Å². The second kappa shape index (κ2) is 10.8. The summed E-state index contributed by atoms with van der Waals surface area (Å²) >= 11 is 0. The van der Waals surface area contributed by atoms with E-state index in [2.05, 4.69) is 20.8 Å². The van der Waals surface area contributed by atoms with E-state index in [0.717, 1.165) is 22.7 Å². The van der Waals surface area contributed by atoms with E-state index >= 15 is 0 Å². The third kappa shape index (κ3) is 5.31. The SMILES string of the molecule is CC(C)O[Si]CC(C)C(=O)O[Si](C1CCCCC1)(C1CCCC1)C1CCCC1. The van der Waals surface area contributed by atoms with E-state index in [1.807, 2.05) is 0 Å². The van der Waals surface area contributed by atoms with Crippen LogP contribution in [0.3, 0.4) is 0 Å². The lowest BCUT2D eigenvalue weighted by molar-refractivity contribution is -0.139. The van der Waals surface area contributed by atoms with E-state index in [1.165, 1.54) is 83.5 Å². The molecule has 5 heteroatoms. The van der Waals surface area contributed by atoms with Gasteiger partial charge in [0.1, 0.15) is 0 Å². The van der Waals surface area contributed by atoms with E-state index in [1.54, 1.807) is 0 Å². The minimum absolute atomic E-state index is 0.0182. The minimum atomic E-state index is -2.10. The van der Waals surface area contributed by atoms with Gasteiger partial charge in [-0.05, 0) is 75.0 Å². The minimum Gasteiger partial charge on any atom is -0.518 e. The van der Waals surface area contributed by atoms with Crippen molar-refractivity contribution in [3.05, 3.63) is 0 Å². The first kappa shape index (κ1) is 22.5. The van der Waals surface area contributed by atoms with Crippen LogP contribution >= 0.6 is 0 Å². The molecule has 160 valence electrons. The molecule has 0 amide bonds. The number of carbonyl (C=O) groups excluding carboxylic acids is 1. The fraction of sp³-hybridized carbons (Fsp3) is 0.957. The first-order chi connectivity index (χ1) is 13.5. The fourth-order valence-corrected chi connectivity index (χ4v) is 14.1. The molecule has 0 aromatic carbocycles. The molecule has 0 heterocycles. The summed E-state index contributed by atoms with van der Waals surface area (Å²) in [5.41, 5.74) is 2.21. The van der Waals surface area contributed by atoms with Gasteiger partial charge in [0, 0.05) is 6.10 Å². The predicted octanol–water partition coefficient (Wildman–Crippen LogP) is 6.80. The summed E-state index contributed by atoms with van der Waals surface area (Å²) in [7, 11) is -1.69. The maximum atomic E-state index is 13.4. The van der Waals surface area contributed by atoms with Gasteiger partial charge in [-0.2, -0.15) is 0 Å². The molecular formula is C23H42O3Si2. The van der Waals surface area contributed by atoms with E-state index in [4.69, 9.17) is 8.85 Å². The van der Waals surface area contributed by atoms with Crippen LogP contribution in [0, 0.1) is 5.92 Å². The van der Waals surface area contributed by atoms with Crippen LogP contribution in [-0.2, 0) is 13.6 Å². The van der Waals surface area contributed by atoms with Crippen molar-refractivity contribution in [3.63, 3.8) is 0 Å². The highest BCUT2D eigenvalue weighted by molar-refractivity contribution is 6.79. The highest BCUT2D eigenvalue weighted by atomic mass is 28.4. The molecule has 1 unspecified atom stereocenters. The van der Waals surface area contributed by atoms with Crippen LogP contribution in [-0.4, -0.2) is 30.2 Å². The second-order valence-corrected chi connectivity index (χ2v) is 15.3. The standard InChI is InChI=1S/C23H42O3Si2/c1-18(2)25-27-17-19(3)23(24)26-28(21-13-7-8-14-21,22-15-9-10-16-22)20-11-5-4-6-12-20/h18-22H,4-17H2,1-3H3. The highest BCUT2D eigenvalue weighted by Crippen LogP contribution is 2.58. The molecule has 0 saturated heterocycles. The van der Waals surface area contributed by atoms with Crippen molar-refractivity contribution in [1.82, 2.24) is 0 Å². The molecule has 3 fully saturated rings. The molecule has 3 rings (SSSR count). The van der Waals surface area contributed by atoms with Gasteiger partial charge in [-0.15, -0.1) is 0 Å². The predicted molar refractivity (Wildman–Crippen MR) is 119 cm³/mol. The zero-order valence-electron chi connectivity index (χ0n) is 18.5. The van der Waals surface area contributed by atoms with Crippen LogP contribution in [0.15, 0.2) is 0 Å². The Bertz CT molecular complexity index is 462. The summed E-state index contributed by atoms with van der Waals surface area (Å²) in [6.07, 6.45) is 17.8. The van der Waals surface area contributed by atoms with Gasteiger partial charge in [0.2, 0.25) is 9.76 Å². The average Bonchev–Trinajstić information content (AvgIpc) is 3.40. The van der Waals surface area contributed by atoms with Crippen LogP contribution in [0.1, 0.15) is 104 Å². The molecule has 28 heavy (non-hydrogen) atoms. The van der Waals surface area contributed by atoms with Crippen LogP contribution < -0.4 is 0 Å². The summed E-state index contributed by atoms with van der Waals surface area (Å²) in [5, 5.41) is 0. The lowest BCUT2D eigenvalue weighted by Gasteiger charge is -2.48. The Labute approximate surface area is 176 Å². The smallest absolute Gasteiger partial charge is 0.295 e. The number of carbonyl (C=O) groups is 1. The molecule has 0 aromatic heterocycles. The van der Waals surface area contributed by atoms with Gasteiger partial charge in [0.25, 0.3) is 14.3 Å². The number of hydrogen-bond donors (Lipinski definition) is 0. The molecule has 0 aromatic rings. The summed E-state index contributed by atoms with van der Waals surface area (Å²) < 4.78 is 12.7. The molecule has 2 radical (unpaired) electrons. The van der Waals surface area contributed by atoms with Gasteiger partial charge < -0.3 is 8.85 Å². The molecule has 3 aliphatic carbocycles. The lowest BCUT2D eigenvalue weighted by Crippen LogP contribution is -2.53. The third-order valence-electron chi connectivity index (χ3n) is 7.62. The third-order valence-corrected chi connectivity index (χ3v) is 15.2. The maximum absolute atomic E-state index is 13.4.